The number of carboxylic acids is 1. The van der Waals surface area contributed by atoms with Crippen LogP contribution in [0.2, 0.25) is 0 Å². The van der Waals surface area contributed by atoms with Crippen molar-refractivity contribution in [3.63, 3.8) is 0 Å². The van der Waals surface area contributed by atoms with E-state index in [1.54, 1.807) is 0 Å². The summed E-state index contributed by atoms with van der Waals surface area (Å²) in [5.74, 6) is -0.831. The van der Waals surface area contributed by atoms with Crippen LogP contribution in [-0.4, -0.2) is 24.0 Å². The van der Waals surface area contributed by atoms with E-state index < -0.39 is 5.97 Å². The average Bonchev–Trinajstić information content (AvgIpc) is 2.28. The first-order valence-electron chi connectivity index (χ1n) is 5.66. The van der Waals surface area contributed by atoms with E-state index in [2.05, 4.69) is 5.32 Å². The molecule has 0 bridgehead atoms. The number of hydrogen-bond acceptors (Lipinski definition) is 2. The molecule has 4 heteroatoms. The molecule has 0 heterocycles. The molecule has 0 unspecified atom stereocenters. The van der Waals surface area contributed by atoms with Crippen LogP contribution in [0.25, 0.3) is 0 Å². The minimum absolute atomic E-state index is 0.112. The number of rotatable bonds is 5. The van der Waals surface area contributed by atoms with Gasteiger partial charge in [-0.3, -0.25) is 9.59 Å². The summed E-state index contributed by atoms with van der Waals surface area (Å²) in [6.45, 7) is 0.440. The van der Waals surface area contributed by atoms with E-state index in [1.165, 1.54) is 38.5 Å². The van der Waals surface area contributed by atoms with Gasteiger partial charge >= 0.3 is 5.97 Å². The Kier molecular flexibility index (Phi) is 10.2. The first kappa shape index (κ1) is 13.9. The number of carboxylic acid groups (broad SMARTS) is 1. The molecule has 1 saturated carbocycles. The van der Waals surface area contributed by atoms with Gasteiger partial charge in [-0.15, -0.1) is 0 Å². The van der Waals surface area contributed by atoms with Crippen LogP contribution in [0.5, 0.6) is 0 Å². The second-order valence-corrected chi connectivity index (χ2v) is 3.69. The van der Waals surface area contributed by atoms with Gasteiger partial charge in [0.15, 0.2) is 0 Å². The van der Waals surface area contributed by atoms with Crippen molar-refractivity contribution in [1.82, 2.24) is 5.32 Å². The van der Waals surface area contributed by atoms with E-state index in [1.807, 2.05) is 0 Å². The van der Waals surface area contributed by atoms with Crippen LogP contribution >= 0.6 is 0 Å². The predicted molar refractivity (Wildman–Crippen MR) is 58.6 cm³/mol. The van der Waals surface area contributed by atoms with E-state index in [4.69, 9.17) is 5.11 Å². The zero-order valence-electron chi connectivity index (χ0n) is 9.21. The van der Waals surface area contributed by atoms with Crippen LogP contribution < -0.4 is 5.32 Å². The highest BCUT2D eigenvalue weighted by molar-refractivity contribution is 5.66. The van der Waals surface area contributed by atoms with Gasteiger partial charge in [-0.1, -0.05) is 38.5 Å². The highest BCUT2D eigenvalue weighted by Crippen LogP contribution is 2.15. The molecule has 1 amide bonds. The molecule has 1 rings (SSSR count). The molecular weight excluding hydrogens is 194 g/mol. The van der Waals surface area contributed by atoms with E-state index in [0.29, 0.717) is 19.4 Å². The van der Waals surface area contributed by atoms with Crippen LogP contribution in [0.15, 0.2) is 0 Å². The standard InChI is InChI=1S/C6H12.C5H9NO3/c1-2-4-6-5-3-1;7-4-6-3-1-2-5(8)9/h1-6H2;4H,1-3H2,(H,6,7)(H,8,9). The summed E-state index contributed by atoms with van der Waals surface area (Å²) in [7, 11) is 0. The van der Waals surface area contributed by atoms with Crippen molar-refractivity contribution in [2.75, 3.05) is 6.54 Å². The highest BCUT2D eigenvalue weighted by atomic mass is 16.4. The molecule has 0 saturated heterocycles. The molecule has 0 spiro atoms. The minimum Gasteiger partial charge on any atom is -0.481 e. The number of hydrogen-bond donors (Lipinski definition) is 2. The van der Waals surface area contributed by atoms with Gasteiger partial charge in [-0.05, 0) is 6.42 Å². The molecule has 2 N–H and O–H groups in total. The predicted octanol–water partition coefficient (Wildman–Crippen LogP) is 1.94. The summed E-state index contributed by atoms with van der Waals surface area (Å²) in [4.78, 5) is 19.4. The lowest BCUT2D eigenvalue weighted by atomic mass is 10.0. The number of nitrogens with one attached hydrogen (secondary N) is 1. The van der Waals surface area contributed by atoms with Crippen molar-refractivity contribution in [3.05, 3.63) is 0 Å². The zero-order valence-corrected chi connectivity index (χ0v) is 9.21. The van der Waals surface area contributed by atoms with E-state index in [-0.39, 0.29) is 6.42 Å². The maximum atomic E-state index is 9.85. The quantitative estimate of drug-likeness (QED) is 0.544. The molecule has 1 aliphatic rings. The third-order valence-corrected chi connectivity index (χ3v) is 2.30. The molecule has 15 heavy (non-hydrogen) atoms. The number of aliphatic carboxylic acids is 1. The van der Waals surface area contributed by atoms with Crippen molar-refractivity contribution in [3.8, 4) is 0 Å². The van der Waals surface area contributed by atoms with Crippen LogP contribution in [0.4, 0.5) is 0 Å². The van der Waals surface area contributed by atoms with Gasteiger partial charge in [0, 0.05) is 13.0 Å². The van der Waals surface area contributed by atoms with Crippen molar-refractivity contribution in [2.24, 2.45) is 0 Å². The molecule has 1 fully saturated rings. The first-order valence-corrected chi connectivity index (χ1v) is 5.66. The Balaban J connectivity index is 0.000000280. The SMILES string of the molecule is C1CCCCC1.O=CNCCCC(=O)O. The largest absolute Gasteiger partial charge is 0.481 e. The molecule has 88 valence electrons. The van der Waals surface area contributed by atoms with Gasteiger partial charge in [0.25, 0.3) is 0 Å². The molecule has 0 aliphatic heterocycles. The summed E-state index contributed by atoms with van der Waals surface area (Å²) in [5.41, 5.74) is 0. The van der Waals surface area contributed by atoms with Crippen LogP contribution in [0.3, 0.4) is 0 Å². The lowest BCUT2D eigenvalue weighted by Gasteiger charge is -2.05. The fraction of sp³-hybridized carbons (Fsp3) is 0.818. The zero-order chi connectivity index (χ0) is 11.4. The second-order valence-electron chi connectivity index (χ2n) is 3.69. The monoisotopic (exact) mass is 215 g/mol. The first-order chi connectivity index (χ1) is 7.27. The molecule has 0 aromatic carbocycles. The molecule has 1 aliphatic carbocycles. The summed E-state index contributed by atoms with van der Waals surface area (Å²) < 4.78 is 0. The highest BCUT2D eigenvalue weighted by Gasteiger charge is 1.95. The molecule has 0 aromatic heterocycles. The fourth-order valence-electron chi connectivity index (χ4n) is 1.46. The Bertz CT molecular complexity index is 156. The number of amides is 1. The van der Waals surface area contributed by atoms with E-state index in [9.17, 15) is 9.59 Å². The maximum absolute atomic E-state index is 9.85. The Labute approximate surface area is 91.1 Å². The van der Waals surface area contributed by atoms with Gasteiger partial charge in [0.05, 0.1) is 0 Å². The molecule has 0 radical (unpaired) electrons. The summed E-state index contributed by atoms with van der Waals surface area (Å²) in [5, 5.41) is 10.5. The smallest absolute Gasteiger partial charge is 0.303 e. The van der Waals surface area contributed by atoms with Crippen LogP contribution in [0.1, 0.15) is 51.4 Å². The second kappa shape index (κ2) is 11.0. The average molecular weight is 215 g/mol. The Morgan fingerprint density at radius 1 is 1.13 bits per heavy atom. The van der Waals surface area contributed by atoms with Gasteiger partial charge < -0.3 is 10.4 Å². The Hall–Kier alpha value is -1.06. The topological polar surface area (TPSA) is 66.4 Å². The normalized spacial score (nSPS) is 14.7. The Morgan fingerprint density at radius 2 is 1.60 bits per heavy atom. The van der Waals surface area contributed by atoms with Gasteiger partial charge in [0.1, 0.15) is 0 Å². The lowest BCUT2D eigenvalue weighted by molar-refractivity contribution is -0.137. The summed E-state index contributed by atoms with van der Waals surface area (Å²) in [6.07, 6.45) is 10.2. The van der Waals surface area contributed by atoms with Crippen LogP contribution in [-0.2, 0) is 9.59 Å². The van der Waals surface area contributed by atoms with Gasteiger partial charge in [-0.25, -0.2) is 0 Å². The van der Waals surface area contributed by atoms with Crippen molar-refractivity contribution >= 4 is 12.4 Å². The van der Waals surface area contributed by atoms with Crippen LogP contribution in [0, 0.1) is 0 Å². The lowest BCUT2D eigenvalue weighted by Crippen LogP contribution is -2.13. The fourth-order valence-corrected chi connectivity index (χ4v) is 1.46. The summed E-state index contributed by atoms with van der Waals surface area (Å²) >= 11 is 0. The number of carbonyl (C=O) groups is 2. The van der Waals surface area contributed by atoms with Crippen molar-refractivity contribution in [2.45, 2.75) is 51.4 Å². The van der Waals surface area contributed by atoms with E-state index in [0.717, 1.165) is 0 Å². The van der Waals surface area contributed by atoms with Crippen molar-refractivity contribution in [1.29, 1.82) is 0 Å². The third-order valence-electron chi connectivity index (χ3n) is 2.30. The number of carbonyl (C=O) groups excluding carboxylic acids is 1. The minimum atomic E-state index is -0.831. The van der Waals surface area contributed by atoms with E-state index >= 15 is 0 Å². The third kappa shape index (κ3) is 12.9. The molecule has 0 atom stereocenters. The molecule has 4 nitrogen and oxygen atoms in total. The van der Waals surface area contributed by atoms with Gasteiger partial charge in [-0.2, -0.15) is 0 Å². The summed E-state index contributed by atoms with van der Waals surface area (Å²) in [6, 6.07) is 0. The Morgan fingerprint density at radius 3 is 1.93 bits per heavy atom. The maximum Gasteiger partial charge on any atom is 0.303 e. The molecular formula is C11H21NO3. The molecule has 0 aromatic rings. The van der Waals surface area contributed by atoms with Crippen molar-refractivity contribution < 1.29 is 14.7 Å². The van der Waals surface area contributed by atoms with Gasteiger partial charge in [0.2, 0.25) is 6.41 Å².